The highest BCUT2D eigenvalue weighted by molar-refractivity contribution is 7.99. The first-order valence-electron chi connectivity index (χ1n) is 15.9. The second-order valence-electron chi connectivity index (χ2n) is 13.4. The van der Waals surface area contributed by atoms with E-state index in [-0.39, 0.29) is 10.8 Å². The Morgan fingerprint density at radius 1 is 0.500 bits per heavy atom. The molecule has 0 saturated carbocycles. The van der Waals surface area contributed by atoms with E-state index in [1.165, 1.54) is 43.2 Å². The number of nitrogens with zero attached hydrogens (tertiary/aromatic N) is 1. The summed E-state index contributed by atoms with van der Waals surface area (Å²) in [7, 11) is 0. The summed E-state index contributed by atoms with van der Waals surface area (Å²) in [6.45, 7) is 9.35. The zero-order valence-electron chi connectivity index (χ0n) is 26.3. The van der Waals surface area contributed by atoms with Crippen molar-refractivity contribution in [3.8, 4) is 34.1 Å². The van der Waals surface area contributed by atoms with Crippen LogP contribution >= 0.6 is 11.8 Å². The molecule has 0 bridgehead atoms. The van der Waals surface area contributed by atoms with Crippen molar-refractivity contribution >= 4 is 28.8 Å². The van der Waals surface area contributed by atoms with Crippen molar-refractivity contribution < 1.29 is 9.47 Å². The van der Waals surface area contributed by atoms with Crippen LogP contribution in [-0.2, 0) is 10.8 Å². The van der Waals surface area contributed by atoms with Crippen molar-refractivity contribution in [1.29, 1.82) is 0 Å². The SMILES string of the molecule is CC1(C)c2ccccc2-c2ccc(N(c3cccc4c3Oc3ccccc3O4)c3cccc4c3Sc3ccccc3C4(C)C)cc21. The molecule has 0 saturated heterocycles. The first-order chi connectivity index (χ1) is 22.3. The van der Waals surface area contributed by atoms with Gasteiger partial charge in [0.1, 0.15) is 0 Å². The Kier molecular flexibility index (Phi) is 5.82. The van der Waals surface area contributed by atoms with Gasteiger partial charge in [-0.1, -0.05) is 118 Å². The largest absolute Gasteiger partial charge is 0.449 e. The third kappa shape index (κ3) is 3.86. The van der Waals surface area contributed by atoms with Gasteiger partial charge in [0.15, 0.2) is 23.0 Å². The number of anilines is 3. The lowest BCUT2D eigenvalue weighted by molar-refractivity contribution is 0.360. The van der Waals surface area contributed by atoms with Crippen LogP contribution in [-0.4, -0.2) is 0 Å². The fourth-order valence-electron chi connectivity index (χ4n) is 7.58. The summed E-state index contributed by atoms with van der Waals surface area (Å²) in [6.07, 6.45) is 0. The van der Waals surface area contributed by atoms with E-state index in [4.69, 9.17) is 9.47 Å². The summed E-state index contributed by atoms with van der Waals surface area (Å²) in [5.74, 6) is 2.86. The van der Waals surface area contributed by atoms with E-state index in [2.05, 4.69) is 130 Å². The van der Waals surface area contributed by atoms with Gasteiger partial charge in [-0.2, -0.15) is 0 Å². The second-order valence-corrected chi connectivity index (χ2v) is 14.4. The number of fused-ring (bicyclic) bond motifs is 7. The van der Waals surface area contributed by atoms with Crippen molar-refractivity contribution in [3.63, 3.8) is 0 Å². The van der Waals surface area contributed by atoms with Gasteiger partial charge in [-0.25, -0.2) is 0 Å². The molecular weight excluding hydrogens is 583 g/mol. The average Bonchev–Trinajstić information content (AvgIpc) is 3.30. The van der Waals surface area contributed by atoms with E-state index in [0.29, 0.717) is 17.2 Å². The normalized spacial score (nSPS) is 15.6. The lowest BCUT2D eigenvalue weighted by Gasteiger charge is -2.38. The number of hydrogen-bond donors (Lipinski definition) is 0. The Balaban J connectivity index is 1.29. The molecule has 2 heterocycles. The fraction of sp³-hybridized carbons (Fsp3) is 0.143. The van der Waals surface area contributed by atoms with Crippen LogP contribution in [0.15, 0.2) is 137 Å². The number of hydrogen-bond acceptors (Lipinski definition) is 4. The van der Waals surface area contributed by atoms with Crippen LogP contribution < -0.4 is 14.4 Å². The van der Waals surface area contributed by atoms with E-state index in [1.54, 1.807) is 0 Å². The lowest BCUT2D eigenvalue weighted by Crippen LogP contribution is -2.25. The van der Waals surface area contributed by atoms with Gasteiger partial charge in [0.25, 0.3) is 0 Å². The van der Waals surface area contributed by atoms with Crippen molar-refractivity contribution in [1.82, 2.24) is 0 Å². The van der Waals surface area contributed by atoms with E-state index >= 15 is 0 Å². The maximum absolute atomic E-state index is 6.68. The van der Waals surface area contributed by atoms with Crippen LogP contribution in [0.25, 0.3) is 11.1 Å². The Hall–Kier alpha value is -4.93. The Morgan fingerprint density at radius 3 is 1.96 bits per heavy atom. The molecule has 224 valence electrons. The average molecular weight is 616 g/mol. The predicted molar refractivity (Wildman–Crippen MR) is 188 cm³/mol. The minimum Gasteiger partial charge on any atom is -0.449 e. The molecule has 0 atom stereocenters. The topological polar surface area (TPSA) is 21.7 Å². The predicted octanol–water partition coefficient (Wildman–Crippen LogP) is 12.2. The highest BCUT2D eigenvalue weighted by Crippen LogP contribution is 2.58. The molecule has 0 aromatic heterocycles. The molecule has 3 nitrogen and oxygen atoms in total. The van der Waals surface area contributed by atoms with Crippen LogP contribution in [0.1, 0.15) is 49.9 Å². The van der Waals surface area contributed by atoms with Crippen LogP contribution in [0.4, 0.5) is 17.1 Å². The summed E-state index contributed by atoms with van der Waals surface area (Å²) < 4.78 is 13.1. The second kappa shape index (κ2) is 9.78. The minimum atomic E-state index is -0.158. The number of ether oxygens (including phenoxy) is 2. The summed E-state index contributed by atoms with van der Waals surface area (Å²) >= 11 is 1.86. The maximum atomic E-state index is 6.68. The fourth-order valence-corrected chi connectivity index (χ4v) is 9.07. The van der Waals surface area contributed by atoms with E-state index in [0.717, 1.165) is 22.8 Å². The molecule has 0 unspecified atom stereocenters. The van der Waals surface area contributed by atoms with Gasteiger partial charge in [0.2, 0.25) is 0 Å². The maximum Gasteiger partial charge on any atom is 0.194 e. The lowest BCUT2D eigenvalue weighted by atomic mass is 9.77. The molecule has 3 aliphatic rings. The molecule has 2 aliphatic heterocycles. The molecule has 0 spiro atoms. The smallest absolute Gasteiger partial charge is 0.194 e. The van der Waals surface area contributed by atoms with Gasteiger partial charge in [-0.05, 0) is 81.9 Å². The summed E-state index contributed by atoms with van der Waals surface area (Å²) in [4.78, 5) is 4.93. The van der Waals surface area contributed by atoms with Gasteiger partial charge in [-0.15, -0.1) is 0 Å². The van der Waals surface area contributed by atoms with Crippen molar-refractivity contribution in [2.24, 2.45) is 0 Å². The monoisotopic (exact) mass is 615 g/mol. The Bertz CT molecular complexity index is 2210. The molecule has 9 rings (SSSR count). The van der Waals surface area contributed by atoms with Crippen LogP contribution in [0.2, 0.25) is 0 Å². The van der Waals surface area contributed by atoms with E-state index < -0.39 is 0 Å². The minimum absolute atomic E-state index is 0.131. The van der Waals surface area contributed by atoms with Crippen LogP contribution in [0.5, 0.6) is 23.0 Å². The van der Waals surface area contributed by atoms with Gasteiger partial charge < -0.3 is 14.4 Å². The molecule has 0 radical (unpaired) electrons. The molecule has 0 amide bonds. The first-order valence-corrected chi connectivity index (χ1v) is 16.7. The third-order valence-corrected chi connectivity index (χ3v) is 11.2. The Morgan fingerprint density at radius 2 is 1.11 bits per heavy atom. The van der Waals surface area contributed by atoms with Crippen molar-refractivity contribution in [3.05, 3.63) is 150 Å². The molecule has 6 aromatic rings. The number of benzene rings is 6. The highest BCUT2D eigenvalue weighted by atomic mass is 32.2. The molecule has 1 aliphatic carbocycles. The summed E-state index contributed by atoms with van der Waals surface area (Å²) in [6, 6.07) is 45.4. The molecule has 4 heteroatoms. The molecule has 6 aromatic carbocycles. The van der Waals surface area contributed by atoms with Crippen molar-refractivity contribution in [2.45, 2.75) is 48.3 Å². The highest BCUT2D eigenvalue weighted by Gasteiger charge is 2.38. The standard InChI is InChI=1S/C42H33NO2S/c1-41(2)29-14-6-5-13-27(29)28-24-23-26(25-32(28)41)43(33-17-12-21-37-39(33)45-36-20-9-8-19-35(36)44-37)34-18-11-16-31-40(34)46-38-22-10-7-15-30(38)42(31,3)4/h5-25H,1-4H3. The summed E-state index contributed by atoms with van der Waals surface area (Å²) in [5.41, 5.74) is 10.8. The van der Waals surface area contributed by atoms with Crippen LogP contribution in [0.3, 0.4) is 0 Å². The Labute approximate surface area is 274 Å². The zero-order chi connectivity index (χ0) is 31.2. The zero-order valence-corrected chi connectivity index (χ0v) is 27.1. The quantitative estimate of drug-likeness (QED) is 0.197. The van der Waals surface area contributed by atoms with E-state index in [9.17, 15) is 0 Å². The van der Waals surface area contributed by atoms with Crippen LogP contribution in [0, 0.1) is 0 Å². The molecule has 0 N–H and O–H groups in total. The van der Waals surface area contributed by atoms with Crippen molar-refractivity contribution in [2.75, 3.05) is 4.90 Å². The number of para-hydroxylation sites is 3. The first kappa shape index (κ1) is 27.4. The summed E-state index contributed by atoms with van der Waals surface area (Å²) in [5, 5.41) is 0. The third-order valence-electron chi connectivity index (χ3n) is 9.99. The van der Waals surface area contributed by atoms with Gasteiger partial charge >= 0.3 is 0 Å². The van der Waals surface area contributed by atoms with Gasteiger partial charge in [-0.3, -0.25) is 0 Å². The van der Waals surface area contributed by atoms with Gasteiger partial charge in [0, 0.05) is 26.3 Å². The van der Waals surface area contributed by atoms with E-state index in [1.807, 2.05) is 42.1 Å². The molecule has 46 heavy (non-hydrogen) atoms. The molecule has 0 fully saturated rings. The van der Waals surface area contributed by atoms with Gasteiger partial charge in [0.05, 0.1) is 11.4 Å². The molecular formula is C42H33NO2S. The number of rotatable bonds is 3.